The van der Waals surface area contributed by atoms with Gasteiger partial charge in [-0.1, -0.05) is 26.8 Å². The van der Waals surface area contributed by atoms with E-state index in [9.17, 15) is 4.79 Å². The Morgan fingerprint density at radius 3 is 2.83 bits per heavy atom. The molecule has 0 fully saturated rings. The van der Waals surface area contributed by atoms with Crippen LogP contribution >= 0.6 is 0 Å². The Labute approximate surface area is 142 Å². The number of aromatic nitrogens is 1. The Kier molecular flexibility index (Phi) is 4.28. The van der Waals surface area contributed by atoms with E-state index < -0.39 is 6.04 Å². The molecule has 126 valence electrons. The molecule has 2 aromatic rings. The van der Waals surface area contributed by atoms with Gasteiger partial charge < -0.3 is 15.8 Å². The first-order valence-corrected chi connectivity index (χ1v) is 8.14. The van der Waals surface area contributed by atoms with Gasteiger partial charge in [-0.05, 0) is 41.3 Å². The largest absolute Gasteiger partial charge is 0.493 e. The monoisotopic (exact) mass is 325 g/mol. The van der Waals surface area contributed by atoms with Gasteiger partial charge >= 0.3 is 0 Å². The van der Waals surface area contributed by atoms with Crippen molar-refractivity contribution >= 4 is 11.7 Å². The number of pyridine rings is 1. The van der Waals surface area contributed by atoms with Crippen LogP contribution in [-0.4, -0.2) is 23.5 Å². The number of ether oxygens (including phenoxy) is 1. The van der Waals surface area contributed by atoms with Gasteiger partial charge in [0, 0.05) is 12.0 Å². The van der Waals surface area contributed by atoms with Gasteiger partial charge in [-0.15, -0.1) is 0 Å². The molecule has 0 bridgehead atoms. The number of carbonyl (C=O) groups is 1. The lowest BCUT2D eigenvalue weighted by Crippen LogP contribution is -2.45. The Morgan fingerprint density at radius 2 is 2.08 bits per heavy atom. The molecular formula is C19H23N3O2. The van der Waals surface area contributed by atoms with Crippen molar-refractivity contribution in [2.24, 2.45) is 11.1 Å². The van der Waals surface area contributed by atoms with Gasteiger partial charge in [0.1, 0.15) is 11.6 Å². The van der Waals surface area contributed by atoms with Gasteiger partial charge in [-0.25, -0.2) is 4.98 Å². The lowest BCUT2D eigenvalue weighted by molar-refractivity contribution is -0.119. The van der Waals surface area contributed by atoms with E-state index >= 15 is 0 Å². The lowest BCUT2D eigenvalue weighted by atomic mass is 9.87. The summed E-state index contributed by atoms with van der Waals surface area (Å²) in [6, 6.07) is 11.0. The molecule has 3 N–H and O–H groups in total. The van der Waals surface area contributed by atoms with Gasteiger partial charge in [0.2, 0.25) is 5.91 Å². The van der Waals surface area contributed by atoms with Gasteiger partial charge in [-0.2, -0.15) is 0 Å². The summed E-state index contributed by atoms with van der Waals surface area (Å²) in [7, 11) is 0. The molecule has 1 aliphatic heterocycles. The molecule has 1 aromatic carbocycles. The summed E-state index contributed by atoms with van der Waals surface area (Å²) in [6.45, 7) is 6.54. The van der Waals surface area contributed by atoms with Gasteiger partial charge in [0.15, 0.2) is 0 Å². The standard InChI is InChI=1S/C19H23N3O2/c1-19(2,3)17(20)18(23)22-16-6-4-5-14(21-16)12-7-8-15-13(11-12)9-10-24-15/h4-8,11,17H,9-10,20H2,1-3H3,(H,21,22,23)/t17-/m1/s1. The second-order valence-corrected chi connectivity index (χ2v) is 7.16. The first-order valence-electron chi connectivity index (χ1n) is 8.14. The zero-order valence-corrected chi connectivity index (χ0v) is 14.3. The molecule has 2 heterocycles. The number of fused-ring (bicyclic) bond motifs is 1. The number of nitrogens with one attached hydrogen (secondary N) is 1. The summed E-state index contributed by atoms with van der Waals surface area (Å²) < 4.78 is 5.53. The molecule has 0 saturated heterocycles. The fraction of sp³-hybridized carbons (Fsp3) is 0.368. The van der Waals surface area contributed by atoms with Crippen molar-refractivity contribution in [1.82, 2.24) is 4.98 Å². The van der Waals surface area contributed by atoms with Crippen LogP contribution in [0.3, 0.4) is 0 Å². The minimum Gasteiger partial charge on any atom is -0.493 e. The zero-order valence-electron chi connectivity index (χ0n) is 14.3. The van der Waals surface area contributed by atoms with Crippen LogP contribution in [0.2, 0.25) is 0 Å². The molecule has 5 nitrogen and oxygen atoms in total. The fourth-order valence-electron chi connectivity index (χ4n) is 2.61. The molecule has 0 saturated carbocycles. The number of nitrogens with two attached hydrogens (primary N) is 1. The average Bonchev–Trinajstić information content (AvgIpc) is 3.01. The van der Waals surface area contributed by atoms with Crippen LogP contribution in [0, 0.1) is 5.41 Å². The first-order chi connectivity index (χ1) is 11.3. The number of hydrogen-bond donors (Lipinski definition) is 2. The van der Waals surface area contributed by atoms with Crippen molar-refractivity contribution in [3.05, 3.63) is 42.0 Å². The van der Waals surface area contributed by atoms with Crippen LogP contribution < -0.4 is 15.8 Å². The molecule has 0 spiro atoms. The van der Waals surface area contributed by atoms with E-state index in [1.165, 1.54) is 5.56 Å². The average molecular weight is 325 g/mol. The molecule has 0 aliphatic carbocycles. The number of hydrogen-bond acceptors (Lipinski definition) is 4. The van der Waals surface area contributed by atoms with Crippen LogP contribution in [0.25, 0.3) is 11.3 Å². The molecule has 0 radical (unpaired) electrons. The zero-order chi connectivity index (χ0) is 17.3. The molecule has 1 aromatic heterocycles. The van der Waals surface area contributed by atoms with E-state index in [1.807, 2.05) is 45.0 Å². The highest BCUT2D eigenvalue weighted by atomic mass is 16.5. The predicted molar refractivity (Wildman–Crippen MR) is 94.9 cm³/mol. The Hall–Kier alpha value is -2.40. The summed E-state index contributed by atoms with van der Waals surface area (Å²) in [4.78, 5) is 16.8. The summed E-state index contributed by atoms with van der Waals surface area (Å²) in [5, 5.41) is 2.81. The van der Waals surface area contributed by atoms with Crippen molar-refractivity contribution in [2.75, 3.05) is 11.9 Å². The van der Waals surface area contributed by atoms with Gasteiger partial charge in [-0.3, -0.25) is 4.79 Å². The Balaban J connectivity index is 1.81. The highest BCUT2D eigenvalue weighted by molar-refractivity contribution is 5.94. The number of amides is 1. The highest BCUT2D eigenvalue weighted by Crippen LogP contribution is 2.30. The van der Waals surface area contributed by atoms with E-state index in [0.29, 0.717) is 5.82 Å². The predicted octanol–water partition coefficient (Wildman–Crippen LogP) is 3.00. The summed E-state index contributed by atoms with van der Waals surface area (Å²) in [5.74, 6) is 1.22. The number of carbonyl (C=O) groups excluding carboxylic acids is 1. The van der Waals surface area contributed by atoms with Crippen molar-refractivity contribution < 1.29 is 9.53 Å². The van der Waals surface area contributed by atoms with Crippen LogP contribution in [0.1, 0.15) is 26.3 Å². The molecule has 1 atom stereocenters. The molecule has 0 unspecified atom stereocenters. The SMILES string of the molecule is CC(C)(C)[C@H](N)C(=O)Nc1cccc(-c2ccc3c(c2)CCO3)n1. The van der Waals surface area contributed by atoms with Crippen LogP contribution in [0.4, 0.5) is 5.82 Å². The van der Waals surface area contributed by atoms with Crippen LogP contribution in [0.15, 0.2) is 36.4 Å². The van der Waals surface area contributed by atoms with Crippen molar-refractivity contribution in [3.8, 4) is 17.0 Å². The maximum absolute atomic E-state index is 12.3. The Morgan fingerprint density at radius 1 is 1.29 bits per heavy atom. The second kappa shape index (κ2) is 6.24. The normalized spacial score (nSPS) is 14.7. The highest BCUT2D eigenvalue weighted by Gasteiger charge is 2.27. The number of nitrogens with zero attached hydrogens (tertiary/aromatic N) is 1. The van der Waals surface area contributed by atoms with Gasteiger partial charge in [0.05, 0.1) is 18.3 Å². The van der Waals surface area contributed by atoms with E-state index in [0.717, 1.165) is 30.0 Å². The van der Waals surface area contributed by atoms with E-state index in [4.69, 9.17) is 10.5 Å². The third-order valence-electron chi connectivity index (χ3n) is 4.20. The number of rotatable bonds is 3. The van der Waals surface area contributed by atoms with Crippen molar-refractivity contribution in [1.29, 1.82) is 0 Å². The topological polar surface area (TPSA) is 77.2 Å². The molecule has 24 heavy (non-hydrogen) atoms. The number of benzene rings is 1. The molecule has 5 heteroatoms. The summed E-state index contributed by atoms with van der Waals surface area (Å²) in [6.07, 6.45) is 0.917. The smallest absolute Gasteiger partial charge is 0.242 e. The van der Waals surface area contributed by atoms with Gasteiger partial charge in [0.25, 0.3) is 0 Å². The minimum atomic E-state index is -0.597. The van der Waals surface area contributed by atoms with Crippen LogP contribution in [0.5, 0.6) is 5.75 Å². The minimum absolute atomic E-state index is 0.227. The van der Waals surface area contributed by atoms with E-state index in [2.05, 4.69) is 16.4 Å². The fourth-order valence-corrected chi connectivity index (χ4v) is 2.61. The molecule has 3 rings (SSSR count). The summed E-state index contributed by atoms with van der Waals surface area (Å²) >= 11 is 0. The van der Waals surface area contributed by atoms with E-state index in [-0.39, 0.29) is 11.3 Å². The lowest BCUT2D eigenvalue weighted by Gasteiger charge is -2.25. The van der Waals surface area contributed by atoms with Crippen LogP contribution in [-0.2, 0) is 11.2 Å². The molecule has 1 aliphatic rings. The number of anilines is 1. The van der Waals surface area contributed by atoms with Crippen molar-refractivity contribution in [3.63, 3.8) is 0 Å². The Bertz CT molecular complexity index is 765. The van der Waals surface area contributed by atoms with E-state index in [1.54, 1.807) is 6.07 Å². The molecular weight excluding hydrogens is 302 g/mol. The first kappa shape index (κ1) is 16.5. The van der Waals surface area contributed by atoms with Crippen molar-refractivity contribution in [2.45, 2.75) is 33.2 Å². The second-order valence-electron chi connectivity index (χ2n) is 7.16. The summed E-state index contributed by atoms with van der Waals surface area (Å²) in [5.41, 5.74) is 8.71. The molecule has 1 amide bonds. The maximum atomic E-state index is 12.3. The quantitative estimate of drug-likeness (QED) is 0.909. The third-order valence-corrected chi connectivity index (χ3v) is 4.20. The third kappa shape index (κ3) is 3.41. The maximum Gasteiger partial charge on any atom is 0.242 e.